The molecule has 0 aromatic rings. The fourth-order valence-electron chi connectivity index (χ4n) is 0.727. The number of carbonyl (C=O) groups is 1. The first-order valence-corrected chi connectivity index (χ1v) is 3.24. The lowest BCUT2D eigenvalue weighted by atomic mass is 10.1. The molecule has 1 aliphatic heterocycles. The van der Waals surface area contributed by atoms with Gasteiger partial charge in [-0.3, -0.25) is 4.79 Å². The summed E-state index contributed by atoms with van der Waals surface area (Å²) in [6.45, 7) is 3.99. The van der Waals surface area contributed by atoms with Gasteiger partial charge in [0.1, 0.15) is 5.25 Å². The van der Waals surface area contributed by atoms with Crippen LogP contribution in [0.25, 0.3) is 0 Å². The Bertz CT molecular complexity index is 144. The van der Waals surface area contributed by atoms with Crippen LogP contribution in [0.5, 0.6) is 0 Å². The van der Waals surface area contributed by atoms with E-state index in [1.54, 1.807) is 6.08 Å². The molecule has 0 spiro atoms. The lowest BCUT2D eigenvalue weighted by Gasteiger charge is -1.99. The fraction of sp³-hybridized carbons (Fsp3) is 0.500. The van der Waals surface area contributed by atoms with E-state index in [9.17, 15) is 4.79 Å². The van der Waals surface area contributed by atoms with Crippen LogP contribution >= 0.6 is 12.6 Å². The van der Waals surface area contributed by atoms with E-state index in [-0.39, 0.29) is 17.1 Å². The molecule has 0 amide bonds. The normalized spacial score (nSPS) is 34.1. The van der Waals surface area contributed by atoms with Crippen LogP contribution < -0.4 is 0 Å². The average Bonchev–Trinajstić information content (AvgIpc) is 2.15. The predicted octanol–water partition coefficient (Wildman–Crippen LogP) is 0.644. The third-order valence-electron chi connectivity index (χ3n) is 1.37. The summed E-state index contributed by atoms with van der Waals surface area (Å²) in [5, 5.41) is -0.289. The molecule has 2 atom stereocenters. The van der Waals surface area contributed by atoms with E-state index in [0.29, 0.717) is 6.61 Å². The molecule has 0 N–H and O–H groups in total. The minimum atomic E-state index is -0.289. The van der Waals surface area contributed by atoms with Gasteiger partial charge in [0.25, 0.3) is 0 Å². The van der Waals surface area contributed by atoms with E-state index >= 15 is 0 Å². The largest absolute Gasteiger partial charge is 0.464 e. The van der Waals surface area contributed by atoms with Gasteiger partial charge in [-0.25, -0.2) is 0 Å². The molecule has 2 nitrogen and oxygen atoms in total. The summed E-state index contributed by atoms with van der Waals surface area (Å²) in [6, 6.07) is 0. The third kappa shape index (κ3) is 1.10. The van der Waals surface area contributed by atoms with Crippen molar-refractivity contribution >= 4 is 18.6 Å². The van der Waals surface area contributed by atoms with Crippen molar-refractivity contribution < 1.29 is 9.53 Å². The standard InChI is InChI=1S/C6H8O2S/c1-2-4-3-8-6(7)5(4)9/h2,4-5,9H,1,3H2/t4-,5-/m1/s1. The maximum atomic E-state index is 10.6. The maximum absolute atomic E-state index is 10.6. The molecule has 3 heteroatoms. The van der Waals surface area contributed by atoms with E-state index in [1.165, 1.54) is 0 Å². The van der Waals surface area contributed by atoms with E-state index in [2.05, 4.69) is 23.9 Å². The summed E-state index contributed by atoms with van der Waals surface area (Å²) in [5.41, 5.74) is 0. The first-order valence-electron chi connectivity index (χ1n) is 2.73. The smallest absolute Gasteiger partial charge is 0.319 e. The first-order chi connectivity index (χ1) is 4.25. The highest BCUT2D eigenvalue weighted by Gasteiger charge is 2.31. The van der Waals surface area contributed by atoms with E-state index in [4.69, 9.17) is 0 Å². The van der Waals surface area contributed by atoms with Crippen molar-refractivity contribution in [3.8, 4) is 0 Å². The maximum Gasteiger partial charge on any atom is 0.319 e. The van der Waals surface area contributed by atoms with Gasteiger partial charge in [-0.05, 0) is 0 Å². The molecule has 0 aromatic carbocycles. The van der Waals surface area contributed by atoms with Crippen LogP contribution in [0.1, 0.15) is 0 Å². The van der Waals surface area contributed by atoms with Crippen LogP contribution in [-0.4, -0.2) is 17.8 Å². The van der Waals surface area contributed by atoms with Gasteiger partial charge >= 0.3 is 5.97 Å². The van der Waals surface area contributed by atoms with Gasteiger partial charge in [-0.2, -0.15) is 12.6 Å². The SMILES string of the molecule is C=C[C@@H]1COC(=O)[C@@H]1S. The van der Waals surface area contributed by atoms with Crippen molar-refractivity contribution in [3.63, 3.8) is 0 Å². The Morgan fingerprint density at radius 2 is 2.56 bits per heavy atom. The van der Waals surface area contributed by atoms with E-state index in [1.807, 2.05) is 0 Å². The van der Waals surface area contributed by atoms with Gasteiger partial charge in [-0.1, -0.05) is 6.08 Å². The highest BCUT2D eigenvalue weighted by atomic mass is 32.1. The molecule has 9 heavy (non-hydrogen) atoms. The van der Waals surface area contributed by atoms with E-state index < -0.39 is 0 Å². The lowest BCUT2D eigenvalue weighted by molar-refractivity contribution is -0.137. The van der Waals surface area contributed by atoms with Gasteiger partial charge in [0.15, 0.2) is 0 Å². The molecule has 0 radical (unpaired) electrons. The second kappa shape index (κ2) is 2.43. The first kappa shape index (κ1) is 6.68. The van der Waals surface area contributed by atoms with Crippen LogP contribution in [0.3, 0.4) is 0 Å². The topological polar surface area (TPSA) is 26.3 Å². The van der Waals surface area contributed by atoms with Gasteiger partial charge in [-0.15, -0.1) is 6.58 Å². The zero-order valence-electron chi connectivity index (χ0n) is 4.91. The zero-order valence-corrected chi connectivity index (χ0v) is 5.80. The number of hydrogen-bond donors (Lipinski definition) is 1. The molecule has 0 bridgehead atoms. The summed E-state index contributed by atoms with van der Waals surface area (Å²) < 4.78 is 4.68. The molecular weight excluding hydrogens is 136 g/mol. The highest BCUT2D eigenvalue weighted by molar-refractivity contribution is 7.81. The summed E-state index contributed by atoms with van der Waals surface area (Å²) in [7, 11) is 0. The molecule has 1 aliphatic rings. The van der Waals surface area contributed by atoms with Gasteiger partial charge in [0, 0.05) is 5.92 Å². The van der Waals surface area contributed by atoms with Crippen LogP contribution in [0, 0.1) is 5.92 Å². The number of rotatable bonds is 1. The monoisotopic (exact) mass is 144 g/mol. The van der Waals surface area contributed by atoms with Crippen LogP contribution in [-0.2, 0) is 9.53 Å². The summed E-state index contributed by atoms with van der Waals surface area (Å²) >= 11 is 4.02. The quantitative estimate of drug-likeness (QED) is 0.332. The fourth-order valence-corrected chi connectivity index (χ4v) is 1.01. The van der Waals surface area contributed by atoms with Gasteiger partial charge in [0.2, 0.25) is 0 Å². The van der Waals surface area contributed by atoms with Crippen molar-refractivity contribution in [1.29, 1.82) is 0 Å². The lowest BCUT2D eigenvalue weighted by Crippen LogP contribution is -2.12. The Labute approximate surface area is 59.3 Å². The highest BCUT2D eigenvalue weighted by Crippen LogP contribution is 2.20. The number of cyclic esters (lactones) is 1. The molecular formula is C6H8O2S. The Morgan fingerprint density at radius 1 is 1.89 bits per heavy atom. The number of esters is 1. The number of thiol groups is 1. The zero-order chi connectivity index (χ0) is 6.85. The Morgan fingerprint density at radius 3 is 2.78 bits per heavy atom. The third-order valence-corrected chi connectivity index (χ3v) is 1.96. The summed E-state index contributed by atoms with van der Waals surface area (Å²) in [5.74, 6) is -0.135. The second-order valence-electron chi connectivity index (χ2n) is 1.97. The molecule has 0 unspecified atom stereocenters. The molecule has 0 saturated carbocycles. The molecule has 1 saturated heterocycles. The summed E-state index contributed by atoms with van der Waals surface area (Å²) in [6.07, 6.45) is 1.70. The minimum absolute atomic E-state index is 0.0980. The molecule has 0 aromatic heterocycles. The molecule has 0 aliphatic carbocycles. The number of ether oxygens (including phenoxy) is 1. The molecule has 50 valence electrons. The molecule has 1 rings (SSSR count). The van der Waals surface area contributed by atoms with Crippen LogP contribution in [0.4, 0.5) is 0 Å². The average molecular weight is 144 g/mol. The van der Waals surface area contributed by atoms with Crippen molar-refractivity contribution in [2.75, 3.05) is 6.61 Å². The summed E-state index contributed by atoms with van der Waals surface area (Å²) in [4.78, 5) is 10.6. The Kier molecular flexibility index (Phi) is 1.81. The van der Waals surface area contributed by atoms with Crippen LogP contribution in [0.2, 0.25) is 0 Å². The predicted molar refractivity (Wildman–Crippen MR) is 37.4 cm³/mol. The van der Waals surface area contributed by atoms with Crippen molar-refractivity contribution in [1.82, 2.24) is 0 Å². The number of hydrogen-bond acceptors (Lipinski definition) is 3. The van der Waals surface area contributed by atoms with Crippen molar-refractivity contribution in [2.45, 2.75) is 5.25 Å². The van der Waals surface area contributed by atoms with Crippen molar-refractivity contribution in [3.05, 3.63) is 12.7 Å². The van der Waals surface area contributed by atoms with Crippen LogP contribution in [0.15, 0.2) is 12.7 Å². The van der Waals surface area contributed by atoms with Gasteiger partial charge in [0.05, 0.1) is 6.61 Å². The van der Waals surface area contributed by atoms with E-state index in [0.717, 1.165) is 0 Å². The second-order valence-corrected chi connectivity index (χ2v) is 2.53. The van der Waals surface area contributed by atoms with Crippen molar-refractivity contribution in [2.24, 2.45) is 5.92 Å². The number of carbonyl (C=O) groups excluding carboxylic acids is 1. The van der Waals surface area contributed by atoms with Gasteiger partial charge < -0.3 is 4.74 Å². The minimum Gasteiger partial charge on any atom is -0.464 e. The Hall–Kier alpha value is -0.440. The molecule has 1 fully saturated rings. The molecule has 1 heterocycles. The Balaban J connectivity index is 2.61.